The molecule has 0 bridgehead atoms. The molecule has 7 nitrogen and oxygen atoms in total. The number of aliphatic carboxylic acids is 1. The fourth-order valence-electron chi connectivity index (χ4n) is 2.77. The number of likely N-dealkylation sites (N-methyl/N-ethyl adjacent to an activating group) is 1. The summed E-state index contributed by atoms with van der Waals surface area (Å²) in [5, 5.41) is 21.5. The van der Waals surface area contributed by atoms with E-state index < -0.39 is 12.1 Å². The normalized spacial score (nSPS) is 23.4. The molecule has 0 aromatic rings. The van der Waals surface area contributed by atoms with Crippen LogP contribution in [0, 0.1) is 11.8 Å². The first-order valence-corrected chi connectivity index (χ1v) is 7.34. The molecule has 1 aliphatic carbocycles. The summed E-state index contributed by atoms with van der Waals surface area (Å²) in [5.74, 6) is -1.17. The van der Waals surface area contributed by atoms with E-state index in [2.05, 4.69) is 5.32 Å². The molecule has 0 saturated heterocycles. The molecule has 21 heavy (non-hydrogen) atoms. The number of amides is 2. The Kier molecular flexibility index (Phi) is 7.45. The molecule has 2 amide bonds. The van der Waals surface area contributed by atoms with Gasteiger partial charge in [0.25, 0.3) is 0 Å². The van der Waals surface area contributed by atoms with Crippen molar-refractivity contribution < 1.29 is 24.5 Å². The van der Waals surface area contributed by atoms with Crippen LogP contribution in [0.3, 0.4) is 0 Å². The summed E-state index contributed by atoms with van der Waals surface area (Å²) in [4.78, 5) is 24.5. The molecule has 3 N–H and O–H groups in total. The minimum absolute atomic E-state index is 0.0162. The number of urea groups is 1. The number of rotatable bonds is 7. The minimum atomic E-state index is -0.780. The van der Waals surface area contributed by atoms with Gasteiger partial charge in [-0.25, -0.2) is 4.79 Å². The predicted molar refractivity (Wildman–Crippen MR) is 77.0 cm³/mol. The van der Waals surface area contributed by atoms with Crippen molar-refractivity contribution in [2.75, 3.05) is 33.9 Å². The molecule has 122 valence electrons. The molecule has 3 atom stereocenters. The largest absolute Gasteiger partial charge is 0.481 e. The highest BCUT2D eigenvalue weighted by Crippen LogP contribution is 2.29. The summed E-state index contributed by atoms with van der Waals surface area (Å²) in [6.07, 6.45) is 2.72. The molecular weight excluding hydrogens is 276 g/mol. The first-order chi connectivity index (χ1) is 9.95. The predicted octanol–water partition coefficient (Wildman–Crippen LogP) is 0.526. The van der Waals surface area contributed by atoms with Gasteiger partial charge in [0.05, 0.1) is 25.2 Å². The number of nitrogens with one attached hydrogen (secondary N) is 1. The SMILES string of the molecule is COCC(O)CN(C)C(=O)NCC1CCCCC1C(=O)O. The van der Waals surface area contributed by atoms with Gasteiger partial charge in [0.15, 0.2) is 0 Å². The highest BCUT2D eigenvalue weighted by Gasteiger charge is 2.31. The van der Waals surface area contributed by atoms with E-state index in [1.54, 1.807) is 7.05 Å². The molecule has 0 spiro atoms. The summed E-state index contributed by atoms with van der Waals surface area (Å²) >= 11 is 0. The molecule has 1 saturated carbocycles. The molecule has 0 radical (unpaired) electrons. The second kappa shape index (κ2) is 8.84. The molecule has 1 aliphatic rings. The second-order valence-corrected chi connectivity index (χ2v) is 5.67. The van der Waals surface area contributed by atoms with Crippen molar-refractivity contribution in [2.45, 2.75) is 31.8 Å². The maximum absolute atomic E-state index is 11.9. The zero-order valence-corrected chi connectivity index (χ0v) is 12.7. The minimum Gasteiger partial charge on any atom is -0.481 e. The summed E-state index contributed by atoms with van der Waals surface area (Å²) in [6.45, 7) is 0.703. The summed E-state index contributed by atoms with van der Waals surface area (Å²) < 4.78 is 4.81. The molecule has 1 rings (SSSR count). The fraction of sp³-hybridized carbons (Fsp3) is 0.857. The monoisotopic (exact) mass is 302 g/mol. The van der Waals surface area contributed by atoms with Crippen LogP contribution in [0.25, 0.3) is 0 Å². The Balaban J connectivity index is 2.38. The lowest BCUT2D eigenvalue weighted by Gasteiger charge is -2.29. The van der Waals surface area contributed by atoms with Gasteiger partial charge in [0, 0.05) is 20.7 Å². The Hall–Kier alpha value is -1.34. The average molecular weight is 302 g/mol. The second-order valence-electron chi connectivity index (χ2n) is 5.67. The topological polar surface area (TPSA) is 99.1 Å². The number of carboxylic acid groups (broad SMARTS) is 1. The number of nitrogens with zero attached hydrogens (tertiary/aromatic N) is 1. The Morgan fingerprint density at radius 1 is 1.38 bits per heavy atom. The van der Waals surface area contributed by atoms with E-state index >= 15 is 0 Å². The van der Waals surface area contributed by atoms with Crippen LogP contribution >= 0.6 is 0 Å². The van der Waals surface area contributed by atoms with Gasteiger partial charge in [-0.3, -0.25) is 4.79 Å². The van der Waals surface area contributed by atoms with E-state index in [9.17, 15) is 19.8 Å². The number of methoxy groups -OCH3 is 1. The standard InChI is InChI=1S/C14H26N2O5/c1-16(8-11(17)9-21-2)14(20)15-7-10-5-3-4-6-12(10)13(18)19/h10-12,17H,3-9H2,1-2H3,(H,15,20)(H,18,19). The number of aliphatic hydroxyl groups excluding tert-OH is 1. The quantitative estimate of drug-likeness (QED) is 0.637. The molecule has 0 aromatic heterocycles. The maximum atomic E-state index is 11.9. The highest BCUT2D eigenvalue weighted by molar-refractivity contribution is 5.74. The van der Waals surface area contributed by atoms with E-state index in [0.717, 1.165) is 19.3 Å². The van der Waals surface area contributed by atoms with Crippen molar-refractivity contribution in [2.24, 2.45) is 11.8 Å². The third-order valence-electron chi connectivity index (χ3n) is 3.93. The van der Waals surface area contributed by atoms with Crippen molar-refractivity contribution in [3.05, 3.63) is 0 Å². The van der Waals surface area contributed by atoms with Crippen LogP contribution in [0.15, 0.2) is 0 Å². The van der Waals surface area contributed by atoms with Gasteiger partial charge in [0.2, 0.25) is 0 Å². The van der Waals surface area contributed by atoms with Gasteiger partial charge in [0.1, 0.15) is 0 Å². The number of carbonyl (C=O) groups is 2. The Morgan fingerprint density at radius 3 is 2.67 bits per heavy atom. The van der Waals surface area contributed by atoms with E-state index in [4.69, 9.17) is 4.74 Å². The van der Waals surface area contributed by atoms with Crippen LogP contribution in [0.4, 0.5) is 4.79 Å². The zero-order valence-electron chi connectivity index (χ0n) is 12.7. The lowest BCUT2D eigenvalue weighted by molar-refractivity contribution is -0.144. The first kappa shape index (κ1) is 17.7. The van der Waals surface area contributed by atoms with Crippen LogP contribution in [-0.2, 0) is 9.53 Å². The molecular formula is C14H26N2O5. The number of carboxylic acids is 1. The van der Waals surface area contributed by atoms with Crippen molar-refractivity contribution in [3.63, 3.8) is 0 Å². The maximum Gasteiger partial charge on any atom is 0.317 e. The first-order valence-electron chi connectivity index (χ1n) is 7.34. The van der Waals surface area contributed by atoms with Crippen molar-refractivity contribution in [1.29, 1.82) is 0 Å². The molecule has 7 heteroatoms. The van der Waals surface area contributed by atoms with Crippen molar-refractivity contribution >= 4 is 12.0 Å². The van der Waals surface area contributed by atoms with E-state index in [1.807, 2.05) is 0 Å². The van der Waals surface area contributed by atoms with E-state index in [0.29, 0.717) is 13.0 Å². The lowest BCUT2D eigenvalue weighted by atomic mass is 9.79. The summed E-state index contributed by atoms with van der Waals surface area (Å²) in [6, 6.07) is -0.306. The Labute approximate surface area is 125 Å². The number of hydrogen-bond donors (Lipinski definition) is 3. The van der Waals surface area contributed by atoms with E-state index in [-0.39, 0.29) is 31.0 Å². The molecule has 1 fully saturated rings. The van der Waals surface area contributed by atoms with Gasteiger partial charge in [-0.2, -0.15) is 0 Å². The van der Waals surface area contributed by atoms with Crippen LogP contribution in [0.5, 0.6) is 0 Å². The zero-order chi connectivity index (χ0) is 15.8. The Morgan fingerprint density at radius 2 is 2.05 bits per heavy atom. The van der Waals surface area contributed by atoms with E-state index in [1.165, 1.54) is 12.0 Å². The number of hydrogen-bond acceptors (Lipinski definition) is 4. The van der Waals surface area contributed by atoms with Gasteiger partial charge < -0.3 is 25.2 Å². The fourth-order valence-corrected chi connectivity index (χ4v) is 2.77. The van der Waals surface area contributed by atoms with Crippen LogP contribution in [0.1, 0.15) is 25.7 Å². The highest BCUT2D eigenvalue weighted by atomic mass is 16.5. The van der Waals surface area contributed by atoms with Gasteiger partial charge in [-0.15, -0.1) is 0 Å². The molecule has 3 unspecified atom stereocenters. The third-order valence-corrected chi connectivity index (χ3v) is 3.93. The van der Waals surface area contributed by atoms with Crippen molar-refractivity contribution in [3.8, 4) is 0 Å². The molecule has 0 aliphatic heterocycles. The number of carbonyl (C=O) groups excluding carboxylic acids is 1. The van der Waals surface area contributed by atoms with Crippen LogP contribution in [-0.4, -0.2) is 67.1 Å². The lowest BCUT2D eigenvalue weighted by Crippen LogP contribution is -2.45. The molecule has 0 heterocycles. The Bertz CT molecular complexity index is 350. The summed E-state index contributed by atoms with van der Waals surface area (Å²) in [7, 11) is 3.07. The van der Waals surface area contributed by atoms with Gasteiger partial charge in [-0.1, -0.05) is 12.8 Å². The van der Waals surface area contributed by atoms with Crippen molar-refractivity contribution in [1.82, 2.24) is 10.2 Å². The smallest absolute Gasteiger partial charge is 0.317 e. The third kappa shape index (κ3) is 5.89. The number of aliphatic hydroxyl groups is 1. The number of ether oxygens (including phenoxy) is 1. The van der Waals surface area contributed by atoms with Crippen LogP contribution in [0.2, 0.25) is 0 Å². The van der Waals surface area contributed by atoms with Gasteiger partial charge >= 0.3 is 12.0 Å². The summed E-state index contributed by atoms with van der Waals surface area (Å²) in [5.41, 5.74) is 0. The van der Waals surface area contributed by atoms with Gasteiger partial charge in [-0.05, 0) is 18.8 Å². The van der Waals surface area contributed by atoms with Crippen LogP contribution < -0.4 is 5.32 Å². The molecule has 0 aromatic carbocycles. The average Bonchev–Trinajstić information content (AvgIpc) is 2.45.